The third-order valence-electron chi connectivity index (χ3n) is 2.50. The van der Waals surface area contributed by atoms with Crippen molar-refractivity contribution in [2.24, 2.45) is 0 Å². The summed E-state index contributed by atoms with van der Waals surface area (Å²) in [6, 6.07) is 4.56. The van der Waals surface area contributed by atoms with Crippen LogP contribution in [0.25, 0.3) is 0 Å². The minimum Gasteiger partial charge on any atom is -0.366 e. The molecule has 0 spiro atoms. The quantitative estimate of drug-likeness (QED) is 0.479. The number of halogens is 1. The first-order valence-corrected chi connectivity index (χ1v) is 9.46. The maximum Gasteiger partial charge on any atom is 0.485 e. The summed E-state index contributed by atoms with van der Waals surface area (Å²) in [7, 11) is 1.52. The van der Waals surface area contributed by atoms with Crippen molar-refractivity contribution in [3.8, 4) is 0 Å². The number of rotatable bonds is 2. The molecular weight excluding hydrogens is 350 g/mol. The number of hydrogen-bond acceptors (Lipinski definition) is 3. The van der Waals surface area contributed by atoms with E-state index >= 15 is 0 Å². The fraction of sp³-hybridized carbons (Fsp3) is 0.100. The molecule has 3 amide bonds. The Bertz CT molecular complexity index is 532. The Morgan fingerprint density at radius 2 is 1.94 bits per heavy atom. The van der Waals surface area contributed by atoms with Crippen molar-refractivity contribution in [1.29, 1.82) is 0 Å². The Kier molecular flexibility index (Phi) is 3.51. The second-order valence-electron chi connectivity index (χ2n) is 3.42. The molecular formula is C10H7AlIN2O3. The highest BCUT2D eigenvalue weighted by Crippen LogP contribution is 2.23. The number of imide groups is 1. The first kappa shape index (κ1) is 12.5. The van der Waals surface area contributed by atoms with Crippen LogP contribution in [-0.2, 0) is 0 Å². The van der Waals surface area contributed by atoms with E-state index in [0.29, 0.717) is 16.7 Å². The average Bonchev–Trinajstić information content (AvgIpc) is 2.60. The molecule has 1 aromatic carbocycles. The summed E-state index contributed by atoms with van der Waals surface area (Å²) in [6.45, 7) is 0. The highest BCUT2D eigenvalue weighted by Gasteiger charge is 2.34. The molecule has 0 aromatic heterocycles. The lowest BCUT2D eigenvalue weighted by Crippen LogP contribution is -2.30. The van der Waals surface area contributed by atoms with Gasteiger partial charge in [-0.2, -0.15) is 20.3 Å². The van der Waals surface area contributed by atoms with Gasteiger partial charge >= 0.3 is 12.2 Å². The van der Waals surface area contributed by atoms with Crippen LogP contribution in [0, 0.1) is 0 Å². The van der Waals surface area contributed by atoms with Crippen LogP contribution in [0.4, 0.5) is 0 Å². The van der Waals surface area contributed by atoms with E-state index in [1.54, 1.807) is 6.07 Å². The molecule has 1 N–H and O–H groups in total. The van der Waals surface area contributed by atoms with E-state index in [9.17, 15) is 14.4 Å². The number of benzene rings is 1. The van der Waals surface area contributed by atoms with Gasteiger partial charge in [-0.05, 0) is 18.2 Å². The van der Waals surface area contributed by atoms with Gasteiger partial charge in [-0.15, -0.1) is 0 Å². The molecule has 0 saturated carbocycles. The molecule has 1 aliphatic heterocycles. The van der Waals surface area contributed by atoms with Gasteiger partial charge in [0.1, 0.15) is 0 Å². The molecule has 1 heterocycles. The molecule has 0 unspecified atom stereocenters. The third kappa shape index (κ3) is 1.99. The van der Waals surface area contributed by atoms with Gasteiger partial charge in [-0.25, -0.2) is 0 Å². The molecule has 7 heteroatoms. The SMILES string of the molecule is CNC(=O)c1ccc2c(c1)C(=O)[N]([Al][I])C2=O. The number of hydrogen-bond donors (Lipinski definition) is 1. The smallest absolute Gasteiger partial charge is 0.366 e. The minimum atomic E-state index is -0.419. The first-order valence-electron chi connectivity index (χ1n) is 4.77. The molecule has 0 fully saturated rings. The third-order valence-corrected chi connectivity index (χ3v) is 4.84. The summed E-state index contributed by atoms with van der Waals surface area (Å²) < 4.78 is 1.23. The summed E-state index contributed by atoms with van der Waals surface area (Å²) in [5.41, 5.74) is 1.09. The lowest BCUT2D eigenvalue weighted by atomic mass is 10.1. The molecule has 1 aromatic rings. The molecule has 17 heavy (non-hydrogen) atoms. The Morgan fingerprint density at radius 3 is 2.53 bits per heavy atom. The number of fused-ring (bicyclic) bond motifs is 1. The van der Waals surface area contributed by atoms with Gasteiger partial charge in [0.05, 0.1) is 11.1 Å². The number of amides is 3. The molecule has 5 nitrogen and oxygen atoms in total. The van der Waals surface area contributed by atoms with Crippen LogP contribution in [-0.4, -0.2) is 40.8 Å². The van der Waals surface area contributed by atoms with Crippen LogP contribution in [0.2, 0.25) is 0 Å². The van der Waals surface area contributed by atoms with Crippen molar-refractivity contribution in [1.82, 2.24) is 9.20 Å². The van der Waals surface area contributed by atoms with Crippen LogP contribution in [0.15, 0.2) is 18.2 Å². The normalized spacial score (nSPS) is 13.6. The van der Waals surface area contributed by atoms with Crippen molar-refractivity contribution in [3.05, 3.63) is 34.9 Å². The summed E-state index contributed by atoms with van der Waals surface area (Å²) in [5, 5.41) is 2.48. The Balaban J connectivity index is 2.50. The topological polar surface area (TPSA) is 66.5 Å². The average molecular weight is 357 g/mol. The van der Waals surface area contributed by atoms with E-state index in [4.69, 9.17) is 0 Å². The van der Waals surface area contributed by atoms with Gasteiger partial charge in [0, 0.05) is 12.6 Å². The minimum absolute atomic E-state index is 0.266. The summed E-state index contributed by atoms with van der Waals surface area (Å²) in [5.74, 6) is -0.841. The Labute approximate surface area is 115 Å². The van der Waals surface area contributed by atoms with Crippen LogP contribution in [0.5, 0.6) is 0 Å². The van der Waals surface area contributed by atoms with Gasteiger partial charge in [0.2, 0.25) is 11.8 Å². The number of carbonyl (C=O) groups excluding carboxylic acids is 3. The Hall–Kier alpha value is -0.908. The highest BCUT2D eigenvalue weighted by atomic mass is 127. The van der Waals surface area contributed by atoms with E-state index < -0.39 is 12.2 Å². The monoisotopic (exact) mass is 357 g/mol. The fourth-order valence-corrected chi connectivity index (χ4v) is 3.61. The molecule has 2 rings (SSSR count). The maximum absolute atomic E-state index is 11.9. The van der Waals surface area contributed by atoms with Crippen LogP contribution >= 0.6 is 20.3 Å². The molecule has 85 valence electrons. The van der Waals surface area contributed by atoms with Crippen molar-refractivity contribution in [2.75, 3.05) is 7.05 Å². The van der Waals surface area contributed by atoms with Crippen molar-refractivity contribution >= 4 is 50.2 Å². The predicted octanol–water partition coefficient (Wildman–Crippen LogP) is 0.611. The van der Waals surface area contributed by atoms with Crippen molar-refractivity contribution in [3.63, 3.8) is 0 Å². The lowest BCUT2D eigenvalue weighted by Gasteiger charge is -2.07. The summed E-state index contributed by atoms with van der Waals surface area (Å²) in [6.07, 6.45) is 0. The lowest BCUT2D eigenvalue weighted by molar-refractivity contribution is 0.0765. The Morgan fingerprint density at radius 1 is 1.29 bits per heavy atom. The van der Waals surface area contributed by atoms with Crippen LogP contribution in [0.3, 0.4) is 0 Å². The molecule has 0 saturated heterocycles. The van der Waals surface area contributed by atoms with Crippen LogP contribution < -0.4 is 5.32 Å². The van der Waals surface area contributed by atoms with Gasteiger partial charge in [0.25, 0.3) is 5.91 Å². The molecule has 1 radical (unpaired) electrons. The zero-order chi connectivity index (χ0) is 12.6. The molecule has 0 atom stereocenters. The standard InChI is InChI=1S/C10H8N2O3.Al.HI/c1-11-8(13)5-2-3-6-7(4-5)10(15)12-9(6)14;;/h2-4H,1H3,(H2,11,12,13,14,15);;1H/q;+2;/p-2. The molecule has 0 bridgehead atoms. The summed E-state index contributed by atoms with van der Waals surface area (Å²) in [4.78, 5) is 35.1. The van der Waals surface area contributed by atoms with Gasteiger partial charge in [0.15, 0.2) is 0 Å². The van der Waals surface area contributed by atoms with Gasteiger partial charge in [-0.3, -0.25) is 14.4 Å². The van der Waals surface area contributed by atoms with Crippen LogP contribution in [0.1, 0.15) is 31.1 Å². The van der Waals surface area contributed by atoms with E-state index in [-0.39, 0.29) is 17.7 Å². The second kappa shape index (κ2) is 4.76. The zero-order valence-corrected chi connectivity index (χ0v) is 12.2. The van der Waals surface area contributed by atoms with E-state index in [1.807, 2.05) is 20.3 Å². The largest absolute Gasteiger partial charge is 0.485 e. The maximum atomic E-state index is 11.9. The first-order chi connectivity index (χ1) is 8.10. The van der Waals surface area contributed by atoms with Gasteiger partial charge < -0.3 is 9.20 Å². The van der Waals surface area contributed by atoms with Crippen molar-refractivity contribution in [2.45, 2.75) is 0 Å². The van der Waals surface area contributed by atoms with E-state index in [1.165, 1.54) is 23.1 Å². The number of nitrogens with zero attached hydrogens (tertiary/aromatic N) is 1. The van der Waals surface area contributed by atoms with Crippen molar-refractivity contribution < 1.29 is 14.4 Å². The second-order valence-corrected chi connectivity index (χ2v) is 5.80. The zero-order valence-electron chi connectivity index (χ0n) is 8.86. The number of carbonyl (C=O) groups is 3. The van der Waals surface area contributed by atoms with E-state index in [2.05, 4.69) is 5.32 Å². The predicted molar refractivity (Wildman–Crippen MR) is 70.1 cm³/mol. The number of nitrogens with one attached hydrogen (secondary N) is 1. The summed E-state index contributed by atoms with van der Waals surface area (Å²) >= 11 is 1.62. The highest BCUT2D eigenvalue weighted by molar-refractivity contribution is 14.1. The molecule has 0 aliphatic carbocycles. The van der Waals surface area contributed by atoms with Gasteiger partial charge in [-0.1, -0.05) is 0 Å². The molecule has 1 aliphatic rings. The fourth-order valence-electron chi connectivity index (χ4n) is 1.63. The van der Waals surface area contributed by atoms with E-state index in [0.717, 1.165) is 0 Å².